The normalized spacial score (nSPS) is 15.0. The van der Waals surface area contributed by atoms with E-state index in [4.69, 9.17) is 0 Å². The minimum absolute atomic E-state index is 0.140. The number of hydrogen-bond donors (Lipinski definition) is 2. The Morgan fingerprint density at radius 2 is 2.04 bits per heavy atom. The Morgan fingerprint density at radius 1 is 1.30 bits per heavy atom. The molecule has 124 valence electrons. The van der Waals surface area contributed by atoms with E-state index >= 15 is 0 Å². The number of nitrogens with one attached hydrogen (secondary N) is 2. The zero-order chi connectivity index (χ0) is 17.0. The largest absolute Gasteiger partial charge is 0.351 e. The summed E-state index contributed by atoms with van der Waals surface area (Å²) in [4.78, 5) is 23.0. The van der Waals surface area contributed by atoms with Crippen LogP contribution < -0.4 is 10.7 Å². The number of benzene rings is 1. The lowest BCUT2D eigenvalue weighted by atomic mass is 9.85. The lowest BCUT2D eigenvalue weighted by molar-refractivity contribution is -0.121. The van der Waals surface area contributed by atoms with Crippen molar-refractivity contribution in [3.8, 4) is 0 Å². The van der Waals surface area contributed by atoms with Crippen LogP contribution >= 0.6 is 0 Å². The smallest absolute Gasteiger partial charge is 0.267 e. The van der Waals surface area contributed by atoms with Crippen LogP contribution in [0, 0.1) is 6.92 Å². The number of carbonyl (C=O) groups is 2. The average Bonchev–Trinajstić information content (AvgIpc) is 2.48. The Labute approximate surface area is 137 Å². The third kappa shape index (κ3) is 4.65. The number of hydrazone groups is 1. The summed E-state index contributed by atoms with van der Waals surface area (Å²) in [6, 6.07) is 6.52. The highest BCUT2D eigenvalue weighted by molar-refractivity contribution is 6.39. The molecule has 0 saturated heterocycles. The van der Waals surface area contributed by atoms with Crippen molar-refractivity contribution in [2.24, 2.45) is 5.10 Å². The van der Waals surface area contributed by atoms with Gasteiger partial charge in [0.05, 0.1) is 0 Å². The molecule has 5 heteroatoms. The van der Waals surface area contributed by atoms with Gasteiger partial charge in [-0.05, 0) is 35.4 Å². The summed E-state index contributed by atoms with van der Waals surface area (Å²) >= 11 is 0. The summed E-state index contributed by atoms with van der Waals surface area (Å²) in [7, 11) is 0. The molecule has 2 amide bonds. The van der Waals surface area contributed by atoms with E-state index in [2.05, 4.69) is 61.7 Å². The fourth-order valence-electron chi connectivity index (χ4n) is 2.49. The van der Waals surface area contributed by atoms with Gasteiger partial charge >= 0.3 is 0 Å². The minimum atomic E-state index is -0.200. The van der Waals surface area contributed by atoms with Crippen molar-refractivity contribution < 1.29 is 9.59 Å². The molecule has 1 heterocycles. The molecule has 0 fully saturated rings. The lowest BCUT2D eigenvalue weighted by Crippen LogP contribution is -2.37. The summed E-state index contributed by atoms with van der Waals surface area (Å²) < 4.78 is 0. The maximum atomic E-state index is 12.0. The molecule has 1 aromatic carbocycles. The third-order valence-corrected chi connectivity index (χ3v) is 4.06. The van der Waals surface area contributed by atoms with Gasteiger partial charge in [0, 0.05) is 19.4 Å². The Bertz CT molecular complexity index is 642. The first kappa shape index (κ1) is 17.2. The number of carbonyl (C=O) groups excluding carboxylic acids is 2. The average molecular weight is 315 g/mol. The second kappa shape index (κ2) is 6.94. The van der Waals surface area contributed by atoms with Gasteiger partial charge in [-0.15, -0.1) is 0 Å². The summed E-state index contributed by atoms with van der Waals surface area (Å²) in [6.07, 6.45) is 1.50. The highest BCUT2D eigenvalue weighted by atomic mass is 16.2. The van der Waals surface area contributed by atoms with Crippen LogP contribution in [0.15, 0.2) is 23.3 Å². The third-order valence-electron chi connectivity index (χ3n) is 4.06. The summed E-state index contributed by atoms with van der Waals surface area (Å²) in [5, 5.41) is 6.66. The number of aryl methyl sites for hydroxylation is 1. The molecule has 1 aliphatic rings. The van der Waals surface area contributed by atoms with Gasteiger partial charge in [-0.2, -0.15) is 5.10 Å². The van der Waals surface area contributed by atoms with Crippen molar-refractivity contribution in [3.05, 3.63) is 34.9 Å². The van der Waals surface area contributed by atoms with E-state index in [-0.39, 0.29) is 17.2 Å². The van der Waals surface area contributed by atoms with Gasteiger partial charge in [0.1, 0.15) is 5.71 Å². The van der Waals surface area contributed by atoms with Crippen LogP contribution in [0.5, 0.6) is 0 Å². The van der Waals surface area contributed by atoms with Crippen molar-refractivity contribution in [2.45, 2.75) is 52.4 Å². The molecule has 0 saturated carbocycles. The van der Waals surface area contributed by atoms with Gasteiger partial charge in [-0.1, -0.05) is 39.0 Å². The van der Waals surface area contributed by atoms with Gasteiger partial charge in [-0.3, -0.25) is 9.59 Å². The van der Waals surface area contributed by atoms with Crippen LogP contribution in [0.25, 0.3) is 0 Å². The number of hydrogen-bond acceptors (Lipinski definition) is 3. The molecule has 1 aromatic rings. The molecule has 0 unspecified atom stereocenters. The van der Waals surface area contributed by atoms with Crippen LogP contribution in [-0.2, 0) is 21.4 Å². The Balaban J connectivity index is 1.89. The zero-order valence-corrected chi connectivity index (χ0v) is 14.3. The summed E-state index contributed by atoms with van der Waals surface area (Å²) in [5.74, 6) is -0.343. The monoisotopic (exact) mass is 315 g/mol. The predicted molar refractivity (Wildman–Crippen MR) is 91.4 cm³/mol. The van der Waals surface area contributed by atoms with Crippen molar-refractivity contribution in [2.75, 3.05) is 6.54 Å². The Morgan fingerprint density at radius 3 is 2.61 bits per heavy atom. The quantitative estimate of drug-likeness (QED) is 0.894. The maximum absolute atomic E-state index is 12.0. The van der Waals surface area contributed by atoms with E-state index in [1.165, 1.54) is 16.7 Å². The SMILES string of the molecule is Cc1cc(C(C)(C)C)ccc1CCNC(=O)C1=NNC(=O)CC1. The van der Waals surface area contributed by atoms with Crippen LogP contribution in [0.4, 0.5) is 0 Å². The van der Waals surface area contributed by atoms with Crippen molar-refractivity contribution in [3.63, 3.8) is 0 Å². The molecule has 5 nitrogen and oxygen atoms in total. The molecule has 2 rings (SSSR count). The predicted octanol–water partition coefficient (Wildman–Crippen LogP) is 2.22. The van der Waals surface area contributed by atoms with E-state index in [0.29, 0.717) is 25.1 Å². The Hall–Kier alpha value is -2.17. The van der Waals surface area contributed by atoms with Crippen LogP contribution in [-0.4, -0.2) is 24.1 Å². The van der Waals surface area contributed by atoms with E-state index in [0.717, 1.165) is 6.42 Å². The van der Waals surface area contributed by atoms with Gasteiger partial charge in [0.2, 0.25) is 5.91 Å². The zero-order valence-electron chi connectivity index (χ0n) is 14.3. The van der Waals surface area contributed by atoms with E-state index in [9.17, 15) is 9.59 Å². The number of amides is 2. The van der Waals surface area contributed by atoms with Gasteiger partial charge < -0.3 is 5.32 Å². The maximum Gasteiger partial charge on any atom is 0.267 e. The number of rotatable bonds is 4. The van der Waals surface area contributed by atoms with E-state index in [1.807, 2.05) is 0 Å². The summed E-state index contributed by atoms with van der Waals surface area (Å²) in [6.45, 7) is 9.26. The standard InChI is InChI=1S/C18H25N3O2/c1-12-11-14(18(2,3)4)6-5-13(12)9-10-19-17(23)15-7-8-16(22)21-20-15/h5-6,11H,7-10H2,1-4H3,(H,19,23)(H,21,22). The van der Waals surface area contributed by atoms with E-state index in [1.54, 1.807) is 0 Å². The molecule has 0 aliphatic carbocycles. The first-order valence-corrected chi connectivity index (χ1v) is 8.01. The Kier molecular flexibility index (Phi) is 5.19. The fraction of sp³-hybridized carbons (Fsp3) is 0.500. The van der Waals surface area contributed by atoms with E-state index < -0.39 is 0 Å². The molecule has 0 atom stereocenters. The highest BCUT2D eigenvalue weighted by Gasteiger charge is 2.18. The summed E-state index contributed by atoms with van der Waals surface area (Å²) in [5.41, 5.74) is 6.66. The van der Waals surface area contributed by atoms with Crippen molar-refractivity contribution in [1.29, 1.82) is 0 Å². The lowest BCUT2D eigenvalue weighted by Gasteiger charge is -2.20. The molecule has 0 spiro atoms. The molecule has 1 aliphatic heterocycles. The topological polar surface area (TPSA) is 70.6 Å². The molecule has 0 bridgehead atoms. The fourth-order valence-corrected chi connectivity index (χ4v) is 2.49. The number of nitrogens with zero attached hydrogens (tertiary/aromatic N) is 1. The molecular formula is C18H25N3O2. The van der Waals surface area contributed by atoms with Crippen molar-refractivity contribution >= 4 is 17.5 Å². The molecule has 0 aromatic heterocycles. The van der Waals surface area contributed by atoms with Crippen molar-refractivity contribution in [1.82, 2.24) is 10.7 Å². The first-order chi connectivity index (χ1) is 10.8. The van der Waals surface area contributed by atoms with Gasteiger partial charge in [-0.25, -0.2) is 5.43 Å². The van der Waals surface area contributed by atoms with Crippen LogP contribution in [0.1, 0.15) is 50.3 Å². The van der Waals surface area contributed by atoms with Gasteiger partial charge in [0.25, 0.3) is 5.91 Å². The van der Waals surface area contributed by atoms with Gasteiger partial charge in [0.15, 0.2) is 0 Å². The molecule has 23 heavy (non-hydrogen) atoms. The molecular weight excluding hydrogens is 290 g/mol. The highest BCUT2D eigenvalue weighted by Crippen LogP contribution is 2.24. The minimum Gasteiger partial charge on any atom is -0.351 e. The van der Waals surface area contributed by atoms with Crippen LogP contribution in [0.3, 0.4) is 0 Å². The van der Waals surface area contributed by atoms with Crippen LogP contribution in [0.2, 0.25) is 0 Å². The molecule has 0 radical (unpaired) electrons. The molecule has 2 N–H and O–H groups in total. The second-order valence-electron chi connectivity index (χ2n) is 6.99. The second-order valence-corrected chi connectivity index (χ2v) is 6.99. The first-order valence-electron chi connectivity index (χ1n) is 8.01.